The van der Waals surface area contributed by atoms with E-state index in [-0.39, 0.29) is 5.75 Å². The third-order valence-corrected chi connectivity index (χ3v) is 5.90. The van der Waals surface area contributed by atoms with E-state index in [1.54, 1.807) is 18.5 Å². The molecule has 0 aliphatic rings. The first-order valence-electron chi connectivity index (χ1n) is 6.02. The van der Waals surface area contributed by atoms with Gasteiger partial charge in [-0.05, 0) is 31.2 Å². The van der Waals surface area contributed by atoms with Crippen molar-refractivity contribution in [2.75, 3.05) is 11.5 Å². The SMILES string of the molecule is CCn1cnnc1SCCS(=O)(=O)c1ccc(Cl)cc1. The monoisotopic (exact) mass is 331 g/mol. The van der Waals surface area contributed by atoms with Gasteiger partial charge in [0.15, 0.2) is 15.0 Å². The van der Waals surface area contributed by atoms with Gasteiger partial charge < -0.3 is 4.57 Å². The van der Waals surface area contributed by atoms with E-state index in [2.05, 4.69) is 10.2 Å². The molecule has 0 radical (unpaired) electrons. The summed E-state index contributed by atoms with van der Waals surface area (Å²) in [6.07, 6.45) is 1.63. The Morgan fingerprint density at radius 2 is 2.00 bits per heavy atom. The predicted octanol–water partition coefficient (Wildman–Crippen LogP) is 2.52. The smallest absolute Gasteiger partial charge is 0.191 e. The van der Waals surface area contributed by atoms with E-state index in [0.717, 1.165) is 11.7 Å². The number of sulfone groups is 1. The Kier molecular flexibility index (Phi) is 5.06. The summed E-state index contributed by atoms with van der Waals surface area (Å²) in [5.41, 5.74) is 0. The zero-order chi connectivity index (χ0) is 14.6. The number of nitrogens with zero attached hydrogens (tertiary/aromatic N) is 3. The van der Waals surface area contributed by atoms with Gasteiger partial charge >= 0.3 is 0 Å². The van der Waals surface area contributed by atoms with Crippen LogP contribution in [0.25, 0.3) is 0 Å². The van der Waals surface area contributed by atoms with E-state index in [0.29, 0.717) is 15.7 Å². The second kappa shape index (κ2) is 6.60. The Hall–Kier alpha value is -1.05. The molecule has 2 aromatic rings. The maximum absolute atomic E-state index is 12.1. The molecule has 108 valence electrons. The fourth-order valence-corrected chi connectivity index (χ4v) is 4.33. The summed E-state index contributed by atoms with van der Waals surface area (Å²) in [7, 11) is -3.29. The van der Waals surface area contributed by atoms with E-state index >= 15 is 0 Å². The van der Waals surface area contributed by atoms with Crippen molar-refractivity contribution < 1.29 is 8.42 Å². The standard InChI is InChI=1S/C12H14ClN3O2S2/c1-2-16-9-14-15-12(16)19-7-8-20(17,18)11-5-3-10(13)4-6-11/h3-6,9H,2,7-8H2,1H3. The van der Waals surface area contributed by atoms with Crippen LogP contribution in [0.2, 0.25) is 5.02 Å². The topological polar surface area (TPSA) is 64.8 Å². The van der Waals surface area contributed by atoms with Crippen molar-refractivity contribution in [2.24, 2.45) is 0 Å². The zero-order valence-corrected chi connectivity index (χ0v) is 13.2. The average molecular weight is 332 g/mol. The van der Waals surface area contributed by atoms with Crippen molar-refractivity contribution in [3.8, 4) is 0 Å². The summed E-state index contributed by atoms with van der Waals surface area (Å²) in [4.78, 5) is 0.291. The molecular formula is C12H14ClN3O2S2. The number of aromatic nitrogens is 3. The molecule has 0 aliphatic heterocycles. The molecule has 0 spiro atoms. The molecule has 0 bridgehead atoms. The van der Waals surface area contributed by atoms with E-state index in [1.165, 1.54) is 23.9 Å². The number of thioether (sulfide) groups is 1. The fourth-order valence-electron chi connectivity index (χ4n) is 1.58. The lowest BCUT2D eigenvalue weighted by Gasteiger charge is -2.05. The molecule has 0 aliphatic carbocycles. The van der Waals surface area contributed by atoms with Gasteiger partial charge in [0.25, 0.3) is 0 Å². The van der Waals surface area contributed by atoms with Crippen molar-refractivity contribution in [1.82, 2.24) is 14.8 Å². The summed E-state index contributed by atoms with van der Waals surface area (Å²) >= 11 is 7.14. The second-order valence-electron chi connectivity index (χ2n) is 4.02. The van der Waals surface area contributed by atoms with E-state index < -0.39 is 9.84 Å². The molecule has 0 saturated heterocycles. The summed E-state index contributed by atoms with van der Waals surface area (Å²) in [6.45, 7) is 2.75. The average Bonchev–Trinajstić information content (AvgIpc) is 2.86. The molecule has 1 aromatic heterocycles. The highest BCUT2D eigenvalue weighted by Gasteiger charge is 2.15. The largest absolute Gasteiger partial charge is 0.309 e. The molecule has 2 rings (SSSR count). The fraction of sp³-hybridized carbons (Fsp3) is 0.333. The van der Waals surface area contributed by atoms with Crippen LogP contribution in [0, 0.1) is 0 Å². The molecule has 0 unspecified atom stereocenters. The summed E-state index contributed by atoms with van der Waals surface area (Å²) in [5, 5.41) is 9.02. The van der Waals surface area contributed by atoms with Crippen LogP contribution in [-0.2, 0) is 16.4 Å². The Morgan fingerprint density at radius 3 is 2.65 bits per heavy atom. The van der Waals surface area contributed by atoms with Gasteiger partial charge in [-0.1, -0.05) is 23.4 Å². The lowest BCUT2D eigenvalue weighted by Crippen LogP contribution is -2.09. The molecule has 0 N–H and O–H groups in total. The zero-order valence-electron chi connectivity index (χ0n) is 10.9. The number of aryl methyl sites for hydroxylation is 1. The van der Waals surface area contributed by atoms with E-state index in [4.69, 9.17) is 11.6 Å². The second-order valence-corrected chi connectivity index (χ2v) is 7.63. The Morgan fingerprint density at radius 1 is 1.30 bits per heavy atom. The van der Waals surface area contributed by atoms with Gasteiger partial charge in [-0.3, -0.25) is 0 Å². The summed E-state index contributed by atoms with van der Waals surface area (Å²) in [5.74, 6) is 0.486. The lowest BCUT2D eigenvalue weighted by molar-refractivity contribution is 0.597. The Balaban J connectivity index is 1.98. The lowest BCUT2D eigenvalue weighted by atomic mass is 10.4. The van der Waals surface area contributed by atoms with Crippen LogP contribution in [0.15, 0.2) is 40.6 Å². The van der Waals surface area contributed by atoms with Crippen LogP contribution in [-0.4, -0.2) is 34.7 Å². The van der Waals surface area contributed by atoms with Crippen molar-refractivity contribution in [3.63, 3.8) is 0 Å². The van der Waals surface area contributed by atoms with Crippen molar-refractivity contribution >= 4 is 33.2 Å². The van der Waals surface area contributed by atoms with Gasteiger partial charge in [-0.25, -0.2) is 8.42 Å². The van der Waals surface area contributed by atoms with Crippen LogP contribution >= 0.6 is 23.4 Å². The molecule has 0 fully saturated rings. The maximum Gasteiger partial charge on any atom is 0.191 e. The molecule has 20 heavy (non-hydrogen) atoms. The van der Waals surface area contributed by atoms with Crippen molar-refractivity contribution in [1.29, 1.82) is 0 Å². The molecule has 8 heteroatoms. The number of hydrogen-bond acceptors (Lipinski definition) is 5. The first-order valence-corrected chi connectivity index (χ1v) is 9.03. The molecule has 1 heterocycles. The molecule has 0 saturated carbocycles. The molecule has 5 nitrogen and oxygen atoms in total. The van der Waals surface area contributed by atoms with Gasteiger partial charge in [-0.2, -0.15) is 0 Å². The highest BCUT2D eigenvalue weighted by atomic mass is 35.5. The highest BCUT2D eigenvalue weighted by molar-refractivity contribution is 8.00. The van der Waals surface area contributed by atoms with Gasteiger partial charge in [0.2, 0.25) is 0 Å². The van der Waals surface area contributed by atoms with Crippen molar-refractivity contribution in [3.05, 3.63) is 35.6 Å². The Bertz CT molecular complexity index is 668. The molecular weight excluding hydrogens is 318 g/mol. The summed E-state index contributed by atoms with van der Waals surface area (Å²) < 4.78 is 26.1. The number of rotatable bonds is 6. The third-order valence-electron chi connectivity index (χ3n) is 2.68. The highest BCUT2D eigenvalue weighted by Crippen LogP contribution is 2.19. The maximum atomic E-state index is 12.1. The van der Waals surface area contributed by atoms with Gasteiger partial charge in [0.1, 0.15) is 6.33 Å². The van der Waals surface area contributed by atoms with Crippen LogP contribution in [0.4, 0.5) is 0 Å². The first kappa shape index (κ1) is 15.3. The van der Waals surface area contributed by atoms with Crippen LogP contribution in [0.1, 0.15) is 6.92 Å². The quantitative estimate of drug-likeness (QED) is 0.761. The van der Waals surface area contributed by atoms with Crippen LogP contribution < -0.4 is 0 Å². The van der Waals surface area contributed by atoms with Crippen LogP contribution in [0.5, 0.6) is 0 Å². The summed E-state index contributed by atoms with van der Waals surface area (Å²) in [6, 6.07) is 6.21. The molecule has 0 amide bonds. The predicted molar refractivity (Wildman–Crippen MR) is 79.9 cm³/mol. The van der Waals surface area contributed by atoms with Gasteiger partial charge in [-0.15, -0.1) is 10.2 Å². The van der Waals surface area contributed by atoms with Gasteiger partial charge in [0.05, 0.1) is 10.6 Å². The number of hydrogen-bond donors (Lipinski definition) is 0. The minimum Gasteiger partial charge on any atom is -0.309 e. The number of halogens is 1. The minimum absolute atomic E-state index is 0.0515. The molecule has 1 aromatic carbocycles. The first-order chi connectivity index (χ1) is 9.53. The molecule has 0 atom stereocenters. The van der Waals surface area contributed by atoms with Gasteiger partial charge in [0, 0.05) is 17.3 Å². The Labute approximate surface area is 127 Å². The van der Waals surface area contributed by atoms with E-state index in [1.807, 2.05) is 11.5 Å². The third kappa shape index (κ3) is 3.74. The van der Waals surface area contributed by atoms with Crippen molar-refractivity contribution in [2.45, 2.75) is 23.5 Å². The van der Waals surface area contributed by atoms with E-state index in [9.17, 15) is 8.42 Å². The minimum atomic E-state index is -3.29. The van der Waals surface area contributed by atoms with Crippen LogP contribution in [0.3, 0.4) is 0 Å². The normalized spacial score (nSPS) is 11.7. The number of benzene rings is 1.